The van der Waals surface area contributed by atoms with Gasteiger partial charge in [0.15, 0.2) is 5.58 Å². The van der Waals surface area contributed by atoms with Gasteiger partial charge in [0.2, 0.25) is 0 Å². The number of hydrogen-bond donors (Lipinski definition) is 2. The summed E-state index contributed by atoms with van der Waals surface area (Å²) >= 11 is 6.87. The zero-order valence-corrected chi connectivity index (χ0v) is 16.6. The molecule has 0 bridgehead atoms. The van der Waals surface area contributed by atoms with E-state index in [2.05, 4.69) is 4.98 Å². The minimum Gasteiger partial charge on any atom is -0.478 e. The number of halogens is 1. The molecule has 0 saturated heterocycles. The van der Waals surface area contributed by atoms with Crippen LogP contribution >= 0.6 is 23.4 Å². The van der Waals surface area contributed by atoms with Crippen LogP contribution in [0.2, 0.25) is 5.02 Å². The number of furan rings is 1. The molecule has 2 aromatic carbocycles. The standard InChI is InChI=1S/C21H12ClNO6S/c22-14-9-11(5-7-13(14)19(24)25)16-8-6-12(28-16)10-18(20(26)27)30-21-23-15-3-1-2-4-17(15)29-21/h1-10H,(H,24,25)(H,26,27)/b18-10-. The van der Waals surface area contributed by atoms with E-state index in [9.17, 15) is 14.7 Å². The molecule has 0 aliphatic carbocycles. The summed E-state index contributed by atoms with van der Waals surface area (Å²) in [6.07, 6.45) is 1.36. The molecular weight excluding hydrogens is 430 g/mol. The lowest BCUT2D eigenvalue weighted by atomic mass is 10.1. The third-order valence-corrected chi connectivity index (χ3v) is 5.24. The molecule has 0 saturated carbocycles. The highest BCUT2D eigenvalue weighted by atomic mass is 35.5. The Kier molecular flexibility index (Phi) is 5.35. The van der Waals surface area contributed by atoms with Crippen LogP contribution in [0.15, 0.2) is 73.6 Å². The van der Waals surface area contributed by atoms with Crippen molar-refractivity contribution in [2.75, 3.05) is 0 Å². The number of aliphatic carboxylic acids is 1. The molecular formula is C21H12ClNO6S. The fraction of sp³-hybridized carbons (Fsp3) is 0. The zero-order valence-electron chi connectivity index (χ0n) is 15.0. The van der Waals surface area contributed by atoms with Gasteiger partial charge in [-0.1, -0.05) is 29.8 Å². The van der Waals surface area contributed by atoms with Crippen LogP contribution in [0.5, 0.6) is 0 Å². The minimum atomic E-state index is -1.16. The third kappa shape index (κ3) is 4.10. The highest BCUT2D eigenvalue weighted by Crippen LogP contribution is 2.32. The summed E-state index contributed by atoms with van der Waals surface area (Å²) in [5.74, 6) is -1.58. The molecule has 150 valence electrons. The minimum absolute atomic E-state index is 0.0185. The summed E-state index contributed by atoms with van der Waals surface area (Å²) in [4.78, 5) is 27.0. The van der Waals surface area contributed by atoms with E-state index < -0.39 is 11.9 Å². The first-order valence-corrected chi connectivity index (χ1v) is 9.71. The Hall–Kier alpha value is -3.49. The molecule has 0 fully saturated rings. The Bertz CT molecular complexity index is 1270. The van der Waals surface area contributed by atoms with E-state index in [0.717, 1.165) is 11.8 Å². The molecule has 0 aliphatic rings. The van der Waals surface area contributed by atoms with Gasteiger partial charge in [-0.15, -0.1) is 0 Å². The van der Waals surface area contributed by atoms with Crippen molar-refractivity contribution in [1.82, 2.24) is 4.98 Å². The van der Waals surface area contributed by atoms with Crippen molar-refractivity contribution in [1.29, 1.82) is 0 Å². The number of para-hydroxylation sites is 2. The third-order valence-electron chi connectivity index (χ3n) is 4.07. The van der Waals surface area contributed by atoms with Crippen LogP contribution < -0.4 is 0 Å². The number of carbonyl (C=O) groups is 2. The maximum absolute atomic E-state index is 11.7. The van der Waals surface area contributed by atoms with Gasteiger partial charge in [0.25, 0.3) is 5.22 Å². The number of oxazole rings is 1. The number of thioether (sulfide) groups is 1. The van der Waals surface area contributed by atoms with Gasteiger partial charge >= 0.3 is 11.9 Å². The summed E-state index contributed by atoms with van der Waals surface area (Å²) in [5.41, 5.74) is 1.74. The fourth-order valence-corrected chi connectivity index (χ4v) is 3.67. The van der Waals surface area contributed by atoms with Gasteiger partial charge in [-0.05, 0) is 48.2 Å². The smallest absolute Gasteiger partial charge is 0.342 e. The predicted molar refractivity (Wildman–Crippen MR) is 112 cm³/mol. The van der Waals surface area contributed by atoms with Gasteiger partial charge in [-0.25, -0.2) is 14.6 Å². The fourth-order valence-electron chi connectivity index (χ4n) is 2.68. The van der Waals surface area contributed by atoms with Crippen LogP contribution in [0.25, 0.3) is 28.5 Å². The number of carboxylic acids is 2. The summed E-state index contributed by atoms with van der Waals surface area (Å²) in [6.45, 7) is 0. The molecule has 0 unspecified atom stereocenters. The SMILES string of the molecule is O=C(O)/C(=C/c1ccc(-c2ccc(C(=O)O)c(Cl)c2)o1)Sc1nc2ccccc2o1. The summed E-state index contributed by atoms with van der Waals surface area (Å²) in [7, 11) is 0. The van der Waals surface area contributed by atoms with E-state index in [1.165, 1.54) is 18.2 Å². The maximum atomic E-state index is 11.7. The lowest BCUT2D eigenvalue weighted by Gasteiger charge is -2.02. The van der Waals surface area contributed by atoms with Crippen molar-refractivity contribution in [3.63, 3.8) is 0 Å². The van der Waals surface area contributed by atoms with E-state index in [0.29, 0.717) is 28.2 Å². The van der Waals surface area contributed by atoms with Gasteiger partial charge < -0.3 is 19.0 Å². The number of hydrogen-bond acceptors (Lipinski definition) is 6. The van der Waals surface area contributed by atoms with Crippen LogP contribution in [-0.4, -0.2) is 27.1 Å². The molecule has 0 aliphatic heterocycles. The van der Waals surface area contributed by atoms with Crippen LogP contribution in [0, 0.1) is 0 Å². The number of fused-ring (bicyclic) bond motifs is 1. The van der Waals surface area contributed by atoms with Crippen molar-refractivity contribution in [3.8, 4) is 11.3 Å². The highest BCUT2D eigenvalue weighted by Gasteiger charge is 2.16. The second-order valence-electron chi connectivity index (χ2n) is 6.07. The van der Waals surface area contributed by atoms with E-state index >= 15 is 0 Å². The highest BCUT2D eigenvalue weighted by molar-refractivity contribution is 8.03. The number of rotatable bonds is 6. The van der Waals surface area contributed by atoms with E-state index in [4.69, 9.17) is 25.5 Å². The molecule has 0 amide bonds. The first-order valence-electron chi connectivity index (χ1n) is 8.52. The molecule has 9 heteroatoms. The molecule has 0 spiro atoms. The Balaban J connectivity index is 1.61. The zero-order chi connectivity index (χ0) is 21.3. The molecule has 0 radical (unpaired) electrons. The normalized spacial score (nSPS) is 11.7. The maximum Gasteiger partial charge on any atom is 0.342 e. The van der Waals surface area contributed by atoms with E-state index in [-0.39, 0.29) is 20.7 Å². The molecule has 2 N–H and O–H groups in total. The van der Waals surface area contributed by atoms with E-state index in [1.54, 1.807) is 36.4 Å². The second kappa shape index (κ2) is 8.10. The topological polar surface area (TPSA) is 114 Å². The lowest BCUT2D eigenvalue weighted by molar-refractivity contribution is -0.131. The first-order chi connectivity index (χ1) is 14.4. The Morgan fingerprint density at radius 3 is 2.53 bits per heavy atom. The Morgan fingerprint density at radius 2 is 1.83 bits per heavy atom. The molecule has 2 aromatic heterocycles. The quantitative estimate of drug-likeness (QED) is 0.291. The van der Waals surface area contributed by atoms with Crippen LogP contribution in [0.4, 0.5) is 0 Å². The summed E-state index contributed by atoms with van der Waals surface area (Å²) < 4.78 is 11.3. The van der Waals surface area contributed by atoms with Crippen LogP contribution in [0.3, 0.4) is 0 Å². The Labute approximate surface area is 178 Å². The largest absolute Gasteiger partial charge is 0.478 e. The number of aromatic carboxylic acids is 1. The second-order valence-corrected chi connectivity index (χ2v) is 7.47. The average molecular weight is 442 g/mol. The van der Waals surface area contributed by atoms with E-state index in [1.807, 2.05) is 6.07 Å². The first kappa shape index (κ1) is 19.8. The summed E-state index contributed by atoms with van der Waals surface area (Å²) in [5, 5.41) is 18.9. The van der Waals surface area contributed by atoms with Crippen molar-refractivity contribution >= 4 is 52.5 Å². The average Bonchev–Trinajstić information content (AvgIpc) is 3.33. The lowest BCUT2D eigenvalue weighted by Crippen LogP contribution is -1.97. The van der Waals surface area contributed by atoms with Gasteiger partial charge in [0, 0.05) is 11.6 Å². The number of nitrogens with zero attached hydrogens (tertiary/aromatic N) is 1. The van der Waals surface area contributed by atoms with Crippen molar-refractivity contribution < 1.29 is 28.6 Å². The van der Waals surface area contributed by atoms with Crippen molar-refractivity contribution in [2.24, 2.45) is 0 Å². The van der Waals surface area contributed by atoms with Gasteiger partial charge in [0.1, 0.15) is 21.9 Å². The molecule has 4 rings (SSSR count). The van der Waals surface area contributed by atoms with Crippen molar-refractivity contribution in [3.05, 3.63) is 75.8 Å². The number of carboxylic acid groups (broad SMARTS) is 2. The monoisotopic (exact) mass is 441 g/mol. The summed E-state index contributed by atoms with van der Waals surface area (Å²) in [6, 6.07) is 14.8. The van der Waals surface area contributed by atoms with Gasteiger partial charge in [-0.3, -0.25) is 0 Å². The van der Waals surface area contributed by atoms with Crippen molar-refractivity contribution in [2.45, 2.75) is 5.22 Å². The number of aromatic nitrogens is 1. The van der Waals surface area contributed by atoms with Gasteiger partial charge in [0.05, 0.1) is 10.6 Å². The van der Waals surface area contributed by atoms with Crippen LogP contribution in [-0.2, 0) is 4.79 Å². The molecule has 2 heterocycles. The molecule has 0 atom stereocenters. The van der Waals surface area contributed by atoms with Crippen LogP contribution in [0.1, 0.15) is 16.1 Å². The predicted octanol–water partition coefficient (Wildman–Crippen LogP) is 5.66. The molecule has 7 nitrogen and oxygen atoms in total. The molecule has 30 heavy (non-hydrogen) atoms. The number of benzene rings is 2. The van der Waals surface area contributed by atoms with Gasteiger partial charge in [-0.2, -0.15) is 0 Å². The Morgan fingerprint density at radius 1 is 1.03 bits per heavy atom. The molecule has 4 aromatic rings.